The number of thiol groups is 2. The number of amides is 14. The molecule has 41 heteroatoms. The number of benzene rings is 3. The third-order valence-corrected chi connectivity index (χ3v) is 18.1. The van der Waals surface area contributed by atoms with Crippen molar-refractivity contribution in [2.24, 2.45) is 17.6 Å². The van der Waals surface area contributed by atoms with Crippen LogP contribution >= 0.6 is 25.3 Å². The molecule has 39 nitrogen and oxygen atoms in total. The van der Waals surface area contributed by atoms with Crippen LogP contribution in [-0.2, 0) is 101 Å². The van der Waals surface area contributed by atoms with E-state index in [2.05, 4.69) is 94.4 Å². The van der Waals surface area contributed by atoms with Crippen molar-refractivity contribution in [3.8, 4) is 11.5 Å². The van der Waals surface area contributed by atoms with E-state index in [0.717, 1.165) is 0 Å². The lowest BCUT2D eigenvalue weighted by Gasteiger charge is -2.30. The molecular weight excluding hydrogens is 1510 g/mol. The van der Waals surface area contributed by atoms with Crippen LogP contribution in [0.5, 0.6) is 11.5 Å². The maximum atomic E-state index is 14.4. The number of phenolic OH excluding ortho intramolecular Hbond substituents is 2. The monoisotopic (exact) mass is 1610 g/mol. The minimum atomic E-state index is -1.74. The third kappa shape index (κ3) is 31.3. The van der Waals surface area contributed by atoms with Gasteiger partial charge < -0.3 is 115 Å². The van der Waals surface area contributed by atoms with Crippen LogP contribution in [0.25, 0.3) is 0 Å². The molecule has 112 heavy (non-hydrogen) atoms. The molecule has 1 fully saturated rings. The van der Waals surface area contributed by atoms with Crippen LogP contribution < -0.4 is 74.9 Å². The Labute approximate surface area is 654 Å². The van der Waals surface area contributed by atoms with Gasteiger partial charge in [-0.2, -0.15) is 25.3 Å². The topological polar surface area (TPSA) is 617 Å². The summed E-state index contributed by atoms with van der Waals surface area (Å²) in [6.45, 7) is 3.67. The third-order valence-electron chi connectivity index (χ3n) is 17.4. The molecule has 3 aromatic rings. The van der Waals surface area contributed by atoms with Gasteiger partial charge in [0.1, 0.15) is 84.0 Å². The molecule has 0 aromatic heterocycles. The minimum Gasteiger partial charge on any atom is -0.508 e. The second-order valence-corrected chi connectivity index (χ2v) is 27.6. The van der Waals surface area contributed by atoms with Crippen molar-refractivity contribution in [1.82, 2.24) is 74.0 Å². The molecule has 614 valence electrons. The number of aliphatic hydroxyl groups excluding tert-OH is 2. The second-order valence-electron chi connectivity index (χ2n) is 26.9. The summed E-state index contributed by atoms with van der Waals surface area (Å²) in [6, 6.07) is 0.932. The van der Waals surface area contributed by atoms with Crippen molar-refractivity contribution in [2.75, 3.05) is 44.3 Å². The molecule has 1 aliphatic rings. The number of carboxylic acid groups (broad SMARTS) is 3. The number of carbonyl (C=O) groups is 17. The van der Waals surface area contributed by atoms with Crippen molar-refractivity contribution in [3.63, 3.8) is 0 Å². The van der Waals surface area contributed by atoms with Crippen molar-refractivity contribution in [3.05, 3.63) is 95.6 Å². The van der Waals surface area contributed by atoms with E-state index in [1.54, 1.807) is 30.3 Å². The Morgan fingerprint density at radius 1 is 0.446 bits per heavy atom. The quantitative estimate of drug-likeness (QED) is 0.0234. The van der Waals surface area contributed by atoms with Crippen molar-refractivity contribution in [2.45, 2.75) is 171 Å². The highest BCUT2D eigenvalue weighted by Gasteiger charge is 2.41. The van der Waals surface area contributed by atoms with Gasteiger partial charge >= 0.3 is 17.9 Å². The zero-order chi connectivity index (χ0) is 83.6. The molecule has 0 saturated carbocycles. The van der Waals surface area contributed by atoms with E-state index in [9.17, 15) is 117 Å². The van der Waals surface area contributed by atoms with Crippen molar-refractivity contribution >= 4 is 126 Å². The zero-order valence-electron chi connectivity index (χ0n) is 62.0. The highest BCUT2D eigenvalue weighted by Crippen LogP contribution is 2.21. The van der Waals surface area contributed by atoms with Crippen LogP contribution in [0, 0.1) is 11.8 Å². The Balaban J connectivity index is 1.42. The van der Waals surface area contributed by atoms with E-state index in [1.807, 2.05) is 0 Å². The van der Waals surface area contributed by atoms with Gasteiger partial charge in [0.2, 0.25) is 82.7 Å². The van der Waals surface area contributed by atoms with Gasteiger partial charge in [-0.25, -0.2) is 4.79 Å². The number of nitrogens with one attached hydrogen (secondary N) is 13. The van der Waals surface area contributed by atoms with Gasteiger partial charge in [0.05, 0.1) is 32.3 Å². The number of carbonyl (C=O) groups excluding carboxylic acids is 14. The predicted octanol–water partition coefficient (Wildman–Crippen LogP) is -6.00. The van der Waals surface area contributed by atoms with Gasteiger partial charge in [-0.05, 0) is 85.4 Å². The molecule has 22 N–H and O–H groups in total. The van der Waals surface area contributed by atoms with E-state index < -0.39 is 249 Å². The van der Waals surface area contributed by atoms with Gasteiger partial charge in [-0.3, -0.25) is 76.7 Å². The number of hydrogen-bond donors (Lipinski definition) is 23. The van der Waals surface area contributed by atoms with Gasteiger partial charge in [-0.15, -0.1) is 0 Å². The van der Waals surface area contributed by atoms with Crippen LogP contribution in [0.2, 0.25) is 0 Å². The summed E-state index contributed by atoms with van der Waals surface area (Å²) in [6.07, 6.45) is -4.23. The maximum Gasteiger partial charge on any atom is 0.326 e. The minimum absolute atomic E-state index is 0.0350. The summed E-state index contributed by atoms with van der Waals surface area (Å²) in [5, 5.41) is 99.3. The second kappa shape index (κ2) is 46.5. The first-order valence-electron chi connectivity index (χ1n) is 35.5. The summed E-state index contributed by atoms with van der Waals surface area (Å²) < 4.78 is 0. The first kappa shape index (κ1) is 93.2. The lowest BCUT2D eigenvalue weighted by Crippen LogP contribution is -2.61. The number of phenols is 2. The first-order valence-corrected chi connectivity index (χ1v) is 36.8. The highest BCUT2D eigenvalue weighted by molar-refractivity contribution is 7.80. The lowest BCUT2D eigenvalue weighted by atomic mass is 10.0. The van der Waals surface area contributed by atoms with Gasteiger partial charge in [0, 0.05) is 50.2 Å². The molecule has 0 spiro atoms. The fourth-order valence-electron chi connectivity index (χ4n) is 11.1. The van der Waals surface area contributed by atoms with Gasteiger partial charge in [0.15, 0.2) is 0 Å². The number of aliphatic carboxylic acids is 3. The normalized spacial score (nSPS) is 15.6. The molecule has 0 unspecified atom stereocenters. The van der Waals surface area contributed by atoms with Gasteiger partial charge in [0.25, 0.3) is 0 Å². The Bertz CT molecular complexity index is 3800. The molecule has 4 rings (SSSR count). The molecular formula is C71H99N15O24S2. The smallest absolute Gasteiger partial charge is 0.326 e. The number of rotatable bonds is 46. The molecule has 0 radical (unpaired) electrons. The number of carboxylic acids is 3. The molecule has 3 aromatic carbocycles. The van der Waals surface area contributed by atoms with Crippen LogP contribution in [0.3, 0.4) is 0 Å². The predicted molar refractivity (Wildman–Crippen MR) is 402 cm³/mol. The van der Waals surface area contributed by atoms with Crippen LogP contribution in [0.4, 0.5) is 0 Å². The average Bonchev–Trinajstić information content (AvgIpc) is 1.66. The number of nitrogens with two attached hydrogens (primary N) is 1. The number of aliphatic hydroxyl groups is 2. The Kier molecular flexibility index (Phi) is 38.7. The van der Waals surface area contributed by atoms with E-state index in [-0.39, 0.29) is 49.5 Å². The SMILES string of the molecule is CC(C)[C@H](NC(=O)[C@H](CO)NC(=O)[C@H](Cc1ccc(O)cc1)NC(=O)[C@H](CS)NC(=O)[C@H](CCC(=O)O)NC(=O)[C@@H](NC(=O)CNC(=O)CNC(=O)[C@H](Cc1ccc(O)cc1)NC(=O)[C@H](CCC(=O)O)NC(=O)CNC(=O)[C@@H]1CCCN1C(=O)[C@H](Cc1ccccc1)NC(=O)[C@H](CS)NC(=O)[C@@H](N)[C@@H](C)O)C(C)C)C(=O)O. The summed E-state index contributed by atoms with van der Waals surface area (Å²) in [7, 11) is 0. The molecule has 13 atom stereocenters. The largest absolute Gasteiger partial charge is 0.508 e. The highest BCUT2D eigenvalue weighted by atomic mass is 32.1. The Hall–Kier alpha value is -11.2. The van der Waals surface area contributed by atoms with E-state index in [1.165, 1.54) is 88.0 Å². The van der Waals surface area contributed by atoms with Gasteiger partial charge in [-0.1, -0.05) is 82.3 Å². The summed E-state index contributed by atoms with van der Waals surface area (Å²) in [4.78, 5) is 228. The summed E-state index contributed by atoms with van der Waals surface area (Å²) >= 11 is 8.35. The van der Waals surface area contributed by atoms with Crippen molar-refractivity contribution < 1.29 is 117 Å². The van der Waals surface area contributed by atoms with Crippen LogP contribution in [-0.4, -0.2) is 264 Å². The van der Waals surface area contributed by atoms with Crippen molar-refractivity contribution in [1.29, 1.82) is 0 Å². The average molecular weight is 1610 g/mol. The van der Waals surface area contributed by atoms with Crippen LogP contribution in [0.1, 0.15) is 89.8 Å². The number of aromatic hydroxyl groups is 2. The molecule has 0 bridgehead atoms. The number of nitrogens with zero attached hydrogens (tertiary/aromatic N) is 1. The lowest BCUT2D eigenvalue weighted by molar-refractivity contribution is -0.144. The van der Waals surface area contributed by atoms with E-state index in [0.29, 0.717) is 23.1 Å². The number of hydrogen-bond acceptors (Lipinski definition) is 24. The fourth-order valence-corrected chi connectivity index (χ4v) is 11.6. The Morgan fingerprint density at radius 2 is 0.848 bits per heavy atom. The van der Waals surface area contributed by atoms with E-state index >= 15 is 0 Å². The van der Waals surface area contributed by atoms with E-state index in [4.69, 9.17) is 5.73 Å². The van der Waals surface area contributed by atoms with Crippen LogP contribution in [0.15, 0.2) is 78.9 Å². The molecule has 1 heterocycles. The maximum absolute atomic E-state index is 14.4. The molecule has 1 aliphatic heterocycles. The summed E-state index contributed by atoms with van der Waals surface area (Å²) in [5.41, 5.74) is 7.02. The molecule has 14 amide bonds. The summed E-state index contributed by atoms with van der Waals surface area (Å²) in [5.74, 6) is -20.6. The zero-order valence-corrected chi connectivity index (χ0v) is 63.8. The Morgan fingerprint density at radius 3 is 1.33 bits per heavy atom. The standard InChI is InChI=1S/C71H99N15O24S2/c1-35(2)58(69(107)77-44(22-24-56(96)97)62(100)82-49(33-111)65(103)79-46(27-40-15-19-42(90)20-16-40)63(101)81-48(32-87)64(102)85-59(36(3)4)71(109)110)84-54(93)30-73-52(91)29-74-60(98)45(26-39-13-17-41(89)18-14-39)78-61(99)43(21-23-55(94)95)76-53(92)31-75-67(105)51-12-9-25-86(51)70(108)47(28-38-10-7-6-8-11-38)80-66(104)50(34-112)83-68(106)57(72)37(5)88/h6-8,10-11,13-20,35-37,43-51,57-59,87-90,111-112H,9,12,21-34,72H2,1-5H3,(H,73,91)(H,74,98)(H,75,105)(H,76,92)(H,77,107)(H,78,99)(H,79,103)(H,80,104)(H,81,101)(H,82,100)(H,83,106)(H,84,93)(H,85,102)(H,94,95)(H,96,97)(H,109,110)/t37-,43+,44+,45+,46+,47+,48+,49+,50+,51+,57+,58+,59+/m1/s1. The fraction of sp³-hybridized carbons (Fsp3) is 0.507. The first-order chi connectivity index (χ1) is 52.9. The molecule has 1 saturated heterocycles. The number of likely N-dealkylation sites (tertiary alicyclic amines) is 1. The molecule has 0 aliphatic carbocycles.